The number of fused-ring (bicyclic) bond motifs is 1. The first-order valence-corrected chi connectivity index (χ1v) is 14.4. The summed E-state index contributed by atoms with van der Waals surface area (Å²) in [6, 6.07) is 15.3. The average Bonchev–Trinajstić information content (AvgIpc) is 2.93. The van der Waals surface area contributed by atoms with Crippen molar-refractivity contribution in [3.63, 3.8) is 0 Å². The van der Waals surface area contributed by atoms with Gasteiger partial charge in [-0.25, -0.2) is 8.42 Å². The van der Waals surface area contributed by atoms with Gasteiger partial charge >= 0.3 is 0 Å². The molecule has 0 radical (unpaired) electrons. The Bertz CT molecular complexity index is 1350. The number of likely N-dealkylation sites (tertiary alicyclic amines) is 1. The van der Waals surface area contributed by atoms with Crippen LogP contribution in [0.4, 0.5) is 5.69 Å². The number of amides is 1. The molecule has 0 N–H and O–H groups in total. The van der Waals surface area contributed by atoms with Crippen molar-refractivity contribution in [1.82, 2.24) is 19.1 Å². The Kier molecular flexibility index (Phi) is 7.46. The summed E-state index contributed by atoms with van der Waals surface area (Å²) in [5, 5.41) is 1.64. The van der Waals surface area contributed by atoms with Gasteiger partial charge in [0.2, 0.25) is 15.9 Å². The monoisotopic (exact) mass is 521 g/mol. The summed E-state index contributed by atoms with van der Waals surface area (Å²) < 4.78 is 28.8. The molecule has 9 heteroatoms. The number of anilines is 1. The quantitative estimate of drug-likeness (QED) is 0.496. The fourth-order valence-electron chi connectivity index (χ4n) is 5.51. The summed E-state index contributed by atoms with van der Waals surface area (Å²) in [5.74, 6) is 0.181. The molecule has 0 aliphatic carbocycles. The van der Waals surface area contributed by atoms with Gasteiger partial charge in [0, 0.05) is 81.6 Å². The number of pyridine rings is 1. The van der Waals surface area contributed by atoms with E-state index in [-0.39, 0.29) is 11.8 Å². The first-order chi connectivity index (χ1) is 17.8. The molecule has 3 aromatic rings. The second-order valence-electron chi connectivity index (χ2n) is 10.2. The van der Waals surface area contributed by atoms with Crippen molar-refractivity contribution in [1.29, 1.82) is 0 Å². The number of sulfonamides is 1. The van der Waals surface area contributed by atoms with Crippen LogP contribution in [0, 0.1) is 5.92 Å². The Balaban J connectivity index is 1.20. The number of rotatable bonds is 6. The minimum Gasteiger partial charge on any atom is -0.377 e. The SMILES string of the molecule is CN(C)c1cccc2c(S(=O)(=O)N3CCN(C(=O)C4CCN(Cc5ccncc5)CC4)CC3)cccc12. The highest BCUT2D eigenvalue weighted by Gasteiger charge is 2.34. The van der Waals surface area contributed by atoms with E-state index in [0.717, 1.165) is 48.9 Å². The Morgan fingerprint density at radius 3 is 2.22 bits per heavy atom. The van der Waals surface area contributed by atoms with Crippen LogP contribution >= 0.6 is 0 Å². The summed E-state index contributed by atoms with van der Waals surface area (Å²) in [4.78, 5) is 23.9. The van der Waals surface area contributed by atoms with Gasteiger partial charge in [0.1, 0.15) is 0 Å². The molecule has 1 aromatic heterocycles. The minimum atomic E-state index is -3.68. The van der Waals surface area contributed by atoms with E-state index in [1.54, 1.807) is 6.07 Å². The lowest BCUT2D eigenvalue weighted by atomic mass is 9.94. The van der Waals surface area contributed by atoms with Crippen LogP contribution in [0.15, 0.2) is 65.8 Å². The number of carbonyl (C=O) groups is 1. The van der Waals surface area contributed by atoms with E-state index < -0.39 is 10.0 Å². The zero-order valence-corrected chi connectivity index (χ0v) is 22.4. The zero-order chi connectivity index (χ0) is 26.0. The van der Waals surface area contributed by atoms with Gasteiger partial charge in [0.15, 0.2) is 0 Å². The maximum Gasteiger partial charge on any atom is 0.243 e. The highest BCUT2D eigenvalue weighted by atomic mass is 32.2. The van der Waals surface area contributed by atoms with Crippen LogP contribution in [0.1, 0.15) is 18.4 Å². The van der Waals surface area contributed by atoms with Crippen molar-refractivity contribution in [2.75, 3.05) is 58.3 Å². The average molecular weight is 522 g/mol. The maximum atomic E-state index is 13.6. The van der Waals surface area contributed by atoms with Crippen molar-refractivity contribution in [2.24, 2.45) is 5.92 Å². The Labute approximate surface area is 219 Å². The van der Waals surface area contributed by atoms with E-state index in [2.05, 4.69) is 9.88 Å². The number of aromatic nitrogens is 1. The lowest BCUT2D eigenvalue weighted by Crippen LogP contribution is -2.52. The Hall–Kier alpha value is -3.01. The highest BCUT2D eigenvalue weighted by Crippen LogP contribution is 2.32. The second-order valence-corrected chi connectivity index (χ2v) is 12.1. The molecule has 5 rings (SSSR count). The molecule has 2 aliphatic rings. The smallest absolute Gasteiger partial charge is 0.243 e. The highest BCUT2D eigenvalue weighted by molar-refractivity contribution is 7.89. The third-order valence-electron chi connectivity index (χ3n) is 7.60. The van der Waals surface area contributed by atoms with Crippen LogP contribution in [0.5, 0.6) is 0 Å². The van der Waals surface area contributed by atoms with E-state index in [4.69, 9.17) is 0 Å². The molecule has 0 unspecified atom stereocenters. The van der Waals surface area contributed by atoms with Crippen LogP contribution in [0.25, 0.3) is 10.8 Å². The molecule has 0 spiro atoms. The number of piperazine rings is 1. The minimum absolute atomic E-state index is 0.0133. The summed E-state index contributed by atoms with van der Waals surface area (Å²) in [5.41, 5.74) is 2.22. The van der Waals surface area contributed by atoms with E-state index >= 15 is 0 Å². The molecular weight excluding hydrogens is 486 g/mol. The molecule has 1 amide bonds. The summed E-state index contributed by atoms with van der Waals surface area (Å²) in [6.07, 6.45) is 5.30. The number of nitrogens with zero attached hydrogens (tertiary/aromatic N) is 5. The van der Waals surface area contributed by atoms with Crippen molar-refractivity contribution in [3.05, 3.63) is 66.5 Å². The summed E-state index contributed by atoms with van der Waals surface area (Å²) in [6.45, 7) is 4.17. The number of carbonyl (C=O) groups excluding carboxylic acids is 1. The predicted molar refractivity (Wildman–Crippen MR) is 146 cm³/mol. The zero-order valence-electron chi connectivity index (χ0n) is 21.6. The fourth-order valence-corrected chi connectivity index (χ4v) is 7.14. The second kappa shape index (κ2) is 10.8. The number of hydrogen-bond donors (Lipinski definition) is 0. The molecule has 3 heterocycles. The molecule has 2 aromatic carbocycles. The van der Waals surface area contributed by atoms with E-state index in [0.29, 0.717) is 31.1 Å². The van der Waals surface area contributed by atoms with Gasteiger partial charge in [-0.3, -0.25) is 14.7 Å². The molecule has 37 heavy (non-hydrogen) atoms. The molecular formula is C28H35N5O3S. The summed E-state index contributed by atoms with van der Waals surface area (Å²) in [7, 11) is 0.234. The molecule has 0 bridgehead atoms. The van der Waals surface area contributed by atoms with Crippen LogP contribution in [0.3, 0.4) is 0 Å². The number of hydrogen-bond acceptors (Lipinski definition) is 6. The van der Waals surface area contributed by atoms with Crippen molar-refractivity contribution in [3.8, 4) is 0 Å². The van der Waals surface area contributed by atoms with Gasteiger partial charge in [-0.15, -0.1) is 0 Å². The third kappa shape index (κ3) is 5.35. The summed E-state index contributed by atoms with van der Waals surface area (Å²) >= 11 is 0. The normalized spacial score (nSPS) is 18.3. The van der Waals surface area contributed by atoms with E-state index in [9.17, 15) is 13.2 Å². The van der Waals surface area contributed by atoms with Gasteiger partial charge < -0.3 is 9.80 Å². The lowest BCUT2D eigenvalue weighted by Gasteiger charge is -2.38. The molecule has 2 aliphatic heterocycles. The lowest BCUT2D eigenvalue weighted by molar-refractivity contribution is -0.138. The van der Waals surface area contributed by atoms with Crippen molar-refractivity contribution < 1.29 is 13.2 Å². The first kappa shape index (κ1) is 25.6. The van der Waals surface area contributed by atoms with Crippen molar-refractivity contribution >= 4 is 32.4 Å². The van der Waals surface area contributed by atoms with Crippen LogP contribution in [0.2, 0.25) is 0 Å². The Morgan fingerprint density at radius 1 is 0.892 bits per heavy atom. The third-order valence-corrected chi connectivity index (χ3v) is 9.56. The fraction of sp³-hybridized carbons (Fsp3) is 0.429. The van der Waals surface area contributed by atoms with E-state index in [1.165, 1.54) is 9.87 Å². The standard InChI is InChI=1S/C28H35N5O3S/c1-30(2)26-7-3-6-25-24(26)5-4-8-27(25)37(35,36)33-19-17-32(18-20-33)28(34)23-11-15-31(16-12-23)21-22-9-13-29-14-10-22/h3-10,13-14,23H,11-12,15-21H2,1-2H3. The largest absolute Gasteiger partial charge is 0.377 e. The van der Waals surface area contributed by atoms with Crippen LogP contribution < -0.4 is 4.90 Å². The van der Waals surface area contributed by atoms with Gasteiger partial charge in [-0.05, 0) is 55.8 Å². The predicted octanol–water partition coefficient (Wildman–Crippen LogP) is 3.05. The molecule has 2 fully saturated rings. The Morgan fingerprint density at radius 2 is 1.54 bits per heavy atom. The van der Waals surface area contributed by atoms with Gasteiger partial charge in [-0.2, -0.15) is 4.31 Å². The number of benzene rings is 2. The molecule has 2 saturated heterocycles. The topological polar surface area (TPSA) is 77.1 Å². The van der Waals surface area contributed by atoms with Gasteiger partial charge in [0.25, 0.3) is 0 Å². The van der Waals surface area contributed by atoms with Gasteiger partial charge in [-0.1, -0.05) is 24.3 Å². The first-order valence-electron chi connectivity index (χ1n) is 12.9. The maximum absolute atomic E-state index is 13.6. The van der Waals surface area contributed by atoms with Crippen LogP contribution in [-0.2, 0) is 21.4 Å². The molecule has 0 saturated carbocycles. The molecule has 0 atom stereocenters. The van der Waals surface area contributed by atoms with E-state index in [1.807, 2.05) is 78.8 Å². The van der Waals surface area contributed by atoms with Gasteiger partial charge in [0.05, 0.1) is 4.90 Å². The van der Waals surface area contributed by atoms with Crippen LogP contribution in [-0.4, -0.2) is 86.8 Å². The van der Waals surface area contributed by atoms with Crippen molar-refractivity contribution in [2.45, 2.75) is 24.3 Å². The molecule has 196 valence electrons. The molecule has 8 nitrogen and oxygen atoms in total. The number of piperidine rings is 1.